The van der Waals surface area contributed by atoms with Crippen molar-refractivity contribution in [3.63, 3.8) is 0 Å². The van der Waals surface area contributed by atoms with Crippen LogP contribution in [0.1, 0.15) is 26.3 Å². The van der Waals surface area contributed by atoms with Gasteiger partial charge < -0.3 is 15.4 Å². The fraction of sp³-hybridized carbons (Fsp3) is 0.0833. The van der Waals surface area contributed by atoms with Gasteiger partial charge in [-0.05, 0) is 30.3 Å². The molecule has 1 aliphatic rings. The van der Waals surface area contributed by atoms with Gasteiger partial charge in [-0.25, -0.2) is 4.79 Å². The van der Waals surface area contributed by atoms with Gasteiger partial charge in [0.2, 0.25) is 5.91 Å². The molecule has 0 saturated heterocycles. The van der Waals surface area contributed by atoms with E-state index in [1.54, 1.807) is 60.7 Å². The Balaban J connectivity index is 1.40. The maximum atomic E-state index is 12.8. The van der Waals surface area contributed by atoms with Gasteiger partial charge in [0, 0.05) is 16.0 Å². The van der Waals surface area contributed by atoms with Crippen molar-refractivity contribution in [3.05, 3.63) is 89.5 Å². The number of amides is 2. The van der Waals surface area contributed by atoms with Gasteiger partial charge in [0.15, 0.2) is 12.4 Å². The van der Waals surface area contributed by atoms with E-state index in [1.807, 2.05) is 6.07 Å². The molecule has 3 aromatic rings. The first-order valence-corrected chi connectivity index (χ1v) is 10.7. The second-order valence-electron chi connectivity index (χ2n) is 6.91. The molecular formula is C24H18N2O5S. The van der Waals surface area contributed by atoms with Crippen molar-refractivity contribution in [1.29, 1.82) is 0 Å². The van der Waals surface area contributed by atoms with Gasteiger partial charge in [-0.15, -0.1) is 11.8 Å². The normalized spacial score (nSPS) is 12.3. The van der Waals surface area contributed by atoms with E-state index < -0.39 is 18.5 Å². The number of anilines is 2. The molecule has 4 rings (SSSR count). The summed E-state index contributed by atoms with van der Waals surface area (Å²) in [6, 6.07) is 20.2. The van der Waals surface area contributed by atoms with Crippen molar-refractivity contribution in [3.8, 4) is 0 Å². The van der Waals surface area contributed by atoms with Crippen LogP contribution in [0.15, 0.2) is 77.7 Å². The van der Waals surface area contributed by atoms with Crippen molar-refractivity contribution in [2.75, 3.05) is 23.0 Å². The van der Waals surface area contributed by atoms with E-state index in [-0.39, 0.29) is 17.3 Å². The quantitative estimate of drug-likeness (QED) is 0.442. The molecule has 0 unspecified atom stereocenters. The average Bonchev–Trinajstić information content (AvgIpc) is 2.82. The number of carbonyl (C=O) groups excluding carboxylic acids is 4. The maximum absolute atomic E-state index is 12.8. The van der Waals surface area contributed by atoms with E-state index >= 15 is 0 Å². The van der Waals surface area contributed by atoms with Gasteiger partial charge in [0.05, 0.1) is 22.7 Å². The van der Waals surface area contributed by atoms with E-state index in [2.05, 4.69) is 10.6 Å². The van der Waals surface area contributed by atoms with Crippen molar-refractivity contribution in [2.45, 2.75) is 4.90 Å². The molecule has 0 aromatic heterocycles. The van der Waals surface area contributed by atoms with Crippen LogP contribution in [-0.2, 0) is 14.3 Å². The number of hydrogen-bond acceptors (Lipinski definition) is 6. The summed E-state index contributed by atoms with van der Waals surface area (Å²) in [5, 5.41) is 5.33. The Morgan fingerprint density at radius 1 is 0.938 bits per heavy atom. The molecule has 0 aliphatic carbocycles. The Kier molecular flexibility index (Phi) is 6.32. The van der Waals surface area contributed by atoms with E-state index in [4.69, 9.17) is 4.74 Å². The number of esters is 1. The van der Waals surface area contributed by atoms with Crippen LogP contribution < -0.4 is 10.6 Å². The van der Waals surface area contributed by atoms with Crippen LogP contribution in [0.2, 0.25) is 0 Å². The number of carbonyl (C=O) groups is 4. The van der Waals surface area contributed by atoms with E-state index in [9.17, 15) is 19.2 Å². The zero-order chi connectivity index (χ0) is 22.5. The Hall–Kier alpha value is -3.91. The smallest absolute Gasteiger partial charge is 0.338 e. The first-order valence-electron chi connectivity index (χ1n) is 9.74. The van der Waals surface area contributed by atoms with Gasteiger partial charge in [-0.3, -0.25) is 14.4 Å². The molecule has 1 aliphatic heterocycles. The molecule has 0 saturated carbocycles. The second kappa shape index (κ2) is 9.49. The molecule has 0 radical (unpaired) electrons. The van der Waals surface area contributed by atoms with E-state index in [0.29, 0.717) is 28.3 Å². The molecular weight excluding hydrogens is 428 g/mol. The first-order chi connectivity index (χ1) is 15.5. The number of hydrogen-bond donors (Lipinski definition) is 2. The molecule has 2 amide bonds. The zero-order valence-corrected chi connectivity index (χ0v) is 17.6. The minimum Gasteiger partial charge on any atom is -0.452 e. The molecule has 160 valence electrons. The van der Waals surface area contributed by atoms with Gasteiger partial charge >= 0.3 is 5.97 Å². The second-order valence-corrected chi connectivity index (χ2v) is 7.93. The van der Waals surface area contributed by atoms with Crippen molar-refractivity contribution in [1.82, 2.24) is 0 Å². The fourth-order valence-electron chi connectivity index (χ4n) is 3.15. The van der Waals surface area contributed by atoms with Gasteiger partial charge in [-0.1, -0.05) is 42.5 Å². The summed E-state index contributed by atoms with van der Waals surface area (Å²) in [6.07, 6.45) is 0. The van der Waals surface area contributed by atoms with Crippen LogP contribution in [0.5, 0.6) is 0 Å². The van der Waals surface area contributed by atoms with Crippen molar-refractivity contribution < 1.29 is 23.9 Å². The summed E-state index contributed by atoms with van der Waals surface area (Å²) in [5.74, 6) is -1.32. The number of nitrogens with one attached hydrogen (secondary N) is 2. The number of para-hydroxylation sites is 1. The Labute approximate surface area is 188 Å². The highest BCUT2D eigenvalue weighted by Crippen LogP contribution is 2.32. The van der Waals surface area contributed by atoms with Crippen LogP contribution in [0.4, 0.5) is 11.4 Å². The molecule has 1 heterocycles. The van der Waals surface area contributed by atoms with E-state index in [1.165, 1.54) is 17.8 Å². The highest BCUT2D eigenvalue weighted by Gasteiger charge is 2.19. The maximum Gasteiger partial charge on any atom is 0.338 e. The van der Waals surface area contributed by atoms with Gasteiger partial charge in [0.1, 0.15) is 0 Å². The molecule has 0 fully saturated rings. The lowest BCUT2D eigenvalue weighted by Crippen LogP contribution is -2.22. The van der Waals surface area contributed by atoms with Gasteiger partial charge in [-0.2, -0.15) is 0 Å². The monoisotopic (exact) mass is 446 g/mol. The number of ether oxygens (including phenoxy) is 1. The molecule has 0 spiro atoms. The fourth-order valence-corrected chi connectivity index (χ4v) is 3.93. The summed E-state index contributed by atoms with van der Waals surface area (Å²) < 4.78 is 5.11. The topological polar surface area (TPSA) is 102 Å². The van der Waals surface area contributed by atoms with Crippen LogP contribution >= 0.6 is 11.8 Å². The third-order valence-corrected chi connectivity index (χ3v) is 5.74. The van der Waals surface area contributed by atoms with Crippen molar-refractivity contribution >= 4 is 46.7 Å². The molecule has 7 nitrogen and oxygen atoms in total. The standard InChI is InChI=1S/C24H18N2O5S/c27-21(13-31-24(30)16-10-11-20-19(12-16)26-22(28)14-32-20)25-18-9-5-4-8-17(18)23(29)15-6-2-1-3-7-15/h1-12H,13-14H2,(H,25,27)(H,26,28). The lowest BCUT2D eigenvalue weighted by Gasteiger charge is -2.16. The van der Waals surface area contributed by atoms with Crippen LogP contribution in [0, 0.1) is 0 Å². The van der Waals surface area contributed by atoms with Crippen LogP contribution in [-0.4, -0.2) is 35.9 Å². The van der Waals surface area contributed by atoms with Crippen LogP contribution in [0.3, 0.4) is 0 Å². The summed E-state index contributed by atoms with van der Waals surface area (Å²) in [7, 11) is 0. The van der Waals surface area contributed by atoms with Gasteiger partial charge in [0.25, 0.3) is 5.91 Å². The minimum absolute atomic E-state index is 0.142. The minimum atomic E-state index is -0.693. The number of ketones is 1. The Morgan fingerprint density at radius 2 is 1.69 bits per heavy atom. The average molecular weight is 446 g/mol. The van der Waals surface area contributed by atoms with E-state index in [0.717, 1.165) is 4.90 Å². The summed E-state index contributed by atoms with van der Waals surface area (Å²) in [6.45, 7) is -0.523. The number of rotatable bonds is 6. The lowest BCUT2D eigenvalue weighted by molar-refractivity contribution is -0.119. The zero-order valence-electron chi connectivity index (χ0n) is 16.8. The third-order valence-electron chi connectivity index (χ3n) is 4.66. The molecule has 2 N–H and O–H groups in total. The van der Waals surface area contributed by atoms with Crippen molar-refractivity contribution in [2.24, 2.45) is 0 Å². The summed E-state index contributed by atoms with van der Waals surface area (Å²) in [4.78, 5) is 49.9. The number of fused-ring (bicyclic) bond motifs is 1. The first kappa shape index (κ1) is 21.3. The number of benzene rings is 3. The molecule has 8 heteroatoms. The largest absolute Gasteiger partial charge is 0.452 e. The lowest BCUT2D eigenvalue weighted by atomic mass is 10.0. The highest BCUT2D eigenvalue weighted by atomic mass is 32.2. The highest BCUT2D eigenvalue weighted by molar-refractivity contribution is 8.00. The SMILES string of the molecule is O=C1CSc2ccc(C(=O)OCC(=O)Nc3ccccc3C(=O)c3ccccc3)cc2N1. The predicted octanol–water partition coefficient (Wildman–Crippen LogP) is 3.76. The third kappa shape index (κ3) is 4.87. The molecule has 3 aromatic carbocycles. The molecule has 0 atom stereocenters. The van der Waals surface area contributed by atoms with Crippen LogP contribution in [0.25, 0.3) is 0 Å². The predicted molar refractivity (Wildman–Crippen MR) is 121 cm³/mol. The molecule has 0 bridgehead atoms. The summed E-state index contributed by atoms with van der Waals surface area (Å²) in [5.41, 5.74) is 1.92. The Morgan fingerprint density at radius 3 is 2.50 bits per heavy atom. The molecule has 32 heavy (non-hydrogen) atoms. The number of thioether (sulfide) groups is 1. The Bertz CT molecular complexity index is 1210. The summed E-state index contributed by atoms with van der Waals surface area (Å²) >= 11 is 1.38.